The maximum Gasteiger partial charge on any atom is 0.310 e. The van der Waals surface area contributed by atoms with Crippen molar-refractivity contribution in [3.05, 3.63) is 124 Å². The van der Waals surface area contributed by atoms with Crippen LogP contribution in [0.15, 0.2) is 95.8 Å². The van der Waals surface area contributed by atoms with Gasteiger partial charge in [-0.25, -0.2) is 4.98 Å². The number of carbonyl (C=O) groups is 2. The maximum atomic E-state index is 13.9. The molecule has 5 aromatic rings. The highest BCUT2D eigenvalue weighted by molar-refractivity contribution is 7.98. The summed E-state index contributed by atoms with van der Waals surface area (Å²) in [5.74, 6) is 4.61. The van der Waals surface area contributed by atoms with Crippen LogP contribution in [0.25, 0.3) is 16.6 Å². The van der Waals surface area contributed by atoms with Crippen LogP contribution < -0.4 is 19.8 Å². The van der Waals surface area contributed by atoms with Crippen LogP contribution in [0.5, 0.6) is 17.2 Å². The van der Waals surface area contributed by atoms with Crippen LogP contribution in [0.4, 0.5) is 0 Å². The van der Waals surface area contributed by atoms with E-state index in [0.717, 1.165) is 47.8 Å². The summed E-state index contributed by atoms with van der Waals surface area (Å²) in [5, 5.41) is 0.556. The number of hydrogen-bond donors (Lipinski definition) is 0. The molecule has 0 radical (unpaired) electrons. The number of piperidine rings is 2. The van der Waals surface area contributed by atoms with Gasteiger partial charge in [-0.05, 0) is 99.9 Å². The molecule has 4 heterocycles. The third kappa shape index (κ3) is 12.6. The van der Waals surface area contributed by atoms with E-state index in [1.54, 1.807) is 11.7 Å². The van der Waals surface area contributed by atoms with Crippen molar-refractivity contribution in [2.75, 3.05) is 58.8 Å². The number of aromatic nitrogens is 2. The van der Waals surface area contributed by atoms with Crippen molar-refractivity contribution in [2.45, 2.75) is 109 Å². The molecule has 356 valence electrons. The molecule has 13 heteroatoms. The van der Waals surface area contributed by atoms with Crippen LogP contribution in [0.2, 0.25) is 0 Å². The first kappa shape index (κ1) is 48.1. The minimum absolute atomic E-state index is 0.00556. The Hall–Kier alpha value is -5.37. The number of rotatable bonds is 21. The van der Waals surface area contributed by atoms with Gasteiger partial charge in [0.1, 0.15) is 29.2 Å². The lowest BCUT2D eigenvalue weighted by Gasteiger charge is -2.48. The van der Waals surface area contributed by atoms with Crippen molar-refractivity contribution in [3.8, 4) is 22.9 Å². The molecule has 2 unspecified atom stereocenters. The number of benzene rings is 4. The molecule has 0 aliphatic carbocycles. The molecule has 67 heavy (non-hydrogen) atoms. The lowest BCUT2D eigenvalue weighted by atomic mass is 9.82. The van der Waals surface area contributed by atoms with E-state index in [9.17, 15) is 14.4 Å². The van der Waals surface area contributed by atoms with Crippen LogP contribution >= 0.6 is 11.8 Å². The SMILES string of the molecule is CCOc1ccccc1-n1c(CN2CCN(C(=O)COc3ccc(CSCCCCCCN4C5CCCC4CC(OC(=O)Cc4cc(C)ccc4OC)C5)cc3)CC2)nc2ccccc2c1=O. The summed E-state index contributed by atoms with van der Waals surface area (Å²) in [4.78, 5) is 51.9. The molecule has 12 nitrogen and oxygen atoms in total. The number of thioether (sulfide) groups is 1. The Labute approximate surface area is 399 Å². The van der Waals surface area contributed by atoms with Crippen LogP contribution in [-0.4, -0.2) is 113 Å². The van der Waals surface area contributed by atoms with Crippen molar-refractivity contribution in [1.82, 2.24) is 24.3 Å². The van der Waals surface area contributed by atoms with Crippen molar-refractivity contribution < 1.29 is 28.5 Å². The number of ether oxygens (including phenoxy) is 4. The van der Waals surface area contributed by atoms with Gasteiger partial charge < -0.3 is 23.8 Å². The summed E-state index contributed by atoms with van der Waals surface area (Å²) < 4.78 is 25.1. The molecular formula is C54H67N5O7S. The summed E-state index contributed by atoms with van der Waals surface area (Å²) in [6.07, 6.45) is 10.7. The summed E-state index contributed by atoms with van der Waals surface area (Å²) in [5.41, 5.74) is 4.46. The van der Waals surface area contributed by atoms with Crippen molar-refractivity contribution in [2.24, 2.45) is 0 Å². The van der Waals surface area contributed by atoms with E-state index in [0.29, 0.717) is 85.3 Å². The molecule has 0 saturated carbocycles. The van der Waals surface area contributed by atoms with Gasteiger partial charge in [0, 0.05) is 62.4 Å². The molecule has 1 aromatic heterocycles. The third-order valence-electron chi connectivity index (χ3n) is 13.5. The quantitative estimate of drug-likeness (QED) is 0.0520. The first-order valence-electron chi connectivity index (χ1n) is 24.4. The summed E-state index contributed by atoms with van der Waals surface area (Å²) in [6, 6.07) is 30.1. The highest BCUT2D eigenvalue weighted by Gasteiger charge is 2.39. The molecule has 4 aromatic carbocycles. The number of esters is 1. The number of unbranched alkanes of at least 4 members (excludes halogenated alkanes) is 3. The van der Waals surface area contributed by atoms with Crippen molar-refractivity contribution in [1.29, 1.82) is 0 Å². The second-order valence-electron chi connectivity index (χ2n) is 18.2. The fraction of sp³-hybridized carbons (Fsp3) is 0.481. The molecule has 1 amide bonds. The Kier molecular flexibility index (Phi) is 16.9. The highest BCUT2D eigenvalue weighted by Crippen LogP contribution is 2.36. The van der Waals surface area contributed by atoms with Gasteiger partial charge in [-0.3, -0.25) is 28.8 Å². The molecule has 3 aliphatic heterocycles. The highest BCUT2D eigenvalue weighted by atomic mass is 32.2. The van der Waals surface area contributed by atoms with E-state index < -0.39 is 0 Å². The van der Waals surface area contributed by atoms with E-state index >= 15 is 0 Å². The predicted molar refractivity (Wildman–Crippen MR) is 266 cm³/mol. The van der Waals surface area contributed by atoms with Gasteiger partial charge in [0.15, 0.2) is 6.61 Å². The van der Waals surface area contributed by atoms with Crippen molar-refractivity contribution >= 4 is 34.5 Å². The molecule has 3 aliphatic rings. The second kappa shape index (κ2) is 23.6. The molecule has 2 atom stereocenters. The summed E-state index contributed by atoms with van der Waals surface area (Å²) in [6.45, 7) is 8.48. The Morgan fingerprint density at radius 2 is 1.57 bits per heavy atom. The first-order valence-corrected chi connectivity index (χ1v) is 25.5. The van der Waals surface area contributed by atoms with E-state index in [2.05, 4.69) is 21.9 Å². The Morgan fingerprint density at radius 3 is 2.34 bits per heavy atom. The van der Waals surface area contributed by atoms with Gasteiger partial charge in [0.05, 0.1) is 43.3 Å². The van der Waals surface area contributed by atoms with Crippen LogP contribution in [0.3, 0.4) is 0 Å². The Bertz CT molecular complexity index is 2480. The Balaban J connectivity index is 0.703. The fourth-order valence-electron chi connectivity index (χ4n) is 10.1. The number of fused-ring (bicyclic) bond motifs is 3. The summed E-state index contributed by atoms with van der Waals surface area (Å²) >= 11 is 1.97. The largest absolute Gasteiger partial charge is 0.496 e. The fourth-order valence-corrected chi connectivity index (χ4v) is 11.1. The number of carbonyl (C=O) groups excluding carboxylic acids is 2. The van der Waals surface area contributed by atoms with Gasteiger partial charge in [-0.2, -0.15) is 11.8 Å². The number of aryl methyl sites for hydroxylation is 1. The lowest BCUT2D eigenvalue weighted by molar-refractivity contribution is -0.154. The molecule has 0 spiro atoms. The standard InChI is InChI=1S/C54H67N5O7S/c1-4-64-50-19-10-9-18-48(50)59-51(55-47-17-8-7-16-46(47)54(59)62)36-56-27-29-57(30-28-56)52(60)37-65-44-23-21-40(22-24-44)38-67-31-12-6-5-11-26-58-42-14-13-15-43(58)35-45(34-42)66-53(61)33-41-32-39(2)20-25-49(41)63-3/h7-10,16-25,32,42-43,45H,4-6,11-15,26-31,33-38H2,1-3H3. The number of methoxy groups -OCH3 is 1. The maximum absolute atomic E-state index is 13.9. The number of para-hydroxylation sites is 3. The van der Waals surface area contributed by atoms with Crippen molar-refractivity contribution in [3.63, 3.8) is 0 Å². The lowest BCUT2D eigenvalue weighted by Crippen LogP contribution is -2.54. The van der Waals surface area contributed by atoms with E-state index in [-0.39, 0.29) is 36.6 Å². The number of amides is 1. The minimum Gasteiger partial charge on any atom is -0.496 e. The van der Waals surface area contributed by atoms with Gasteiger partial charge in [0.2, 0.25) is 0 Å². The first-order chi connectivity index (χ1) is 32.8. The van der Waals surface area contributed by atoms with Gasteiger partial charge >= 0.3 is 5.97 Å². The minimum atomic E-state index is -0.152. The normalized spacial score (nSPS) is 18.7. The predicted octanol–water partition coefficient (Wildman–Crippen LogP) is 8.79. The molecule has 2 bridgehead atoms. The van der Waals surface area contributed by atoms with Gasteiger partial charge in [0.25, 0.3) is 11.5 Å². The second-order valence-corrected chi connectivity index (χ2v) is 19.3. The molecule has 3 saturated heterocycles. The monoisotopic (exact) mass is 929 g/mol. The van der Waals surface area contributed by atoms with Crippen LogP contribution in [-0.2, 0) is 33.0 Å². The number of nitrogens with zero attached hydrogens (tertiary/aromatic N) is 5. The third-order valence-corrected chi connectivity index (χ3v) is 14.6. The average Bonchev–Trinajstić information content (AvgIpc) is 3.33. The Morgan fingerprint density at radius 1 is 0.821 bits per heavy atom. The van der Waals surface area contributed by atoms with Gasteiger partial charge in [-0.15, -0.1) is 0 Å². The molecular weight excluding hydrogens is 863 g/mol. The zero-order valence-corrected chi connectivity index (χ0v) is 40.4. The summed E-state index contributed by atoms with van der Waals surface area (Å²) in [7, 11) is 1.65. The average molecular weight is 930 g/mol. The topological polar surface area (TPSA) is 116 Å². The van der Waals surface area contributed by atoms with Crippen LogP contribution in [0, 0.1) is 6.92 Å². The van der Waals surface area contributed by atoms with E-state index in [1.165, 1.54) is 50.5 Å². The van der Waals surface area contributed by atoms with E-state index in [1.807, 2.05) is 109 Å². The van der Waals surface area contributed by atoms with Gasteiger partial charge in [-0.1, -0.05) is 73.4 Å². The smallest absolute Gasteiger partial charge is 0.310 e. The molecule has 3 fully saturated rings. The van der Waals surface area contributed by atoms with Crippen LogP contribution in [0.1, 0.15) is 87.2 Å². The molecule has 8 rings (SSSR count). The van der Waals surface area contributed by atoms with E-state index in [4.69, 9.17) is 23.9 Å². The number of hydrogen-bond acceptors (Lipinski definition) is 11. The number of piperazine rings is 1. The zero-order valence-electron chi connectivity index (χ0n) is 39.5. The zero-order chi connectivity index (χ0) is 46.5. The molecule has 0 N–H and O–H groups in total.